The van der Waals surface area contributed by atoms with E-state index in [9.17, 15) is 5.26 Å². The molecule has 2 heterocycles. The SMILES string of the molecule is N#Cc1nnn(CCN2CCCC2)c1COc1ccccc1. The van der Waals surface area contributed by atoms with Gasteiger partial charge in [-0.25, -0.2) is 4.68 Å². The summed E-state index contributed by atoms with van der Waals surface area (Å²) in [6.45, 7) is 4.28. The van der Waals surface area contributed by atoms with Gasteiger partial charge in [-0.1, -0.05) is 23.4 Å². The molecule has 3 rings (SSSR count). The third kappa shape index (κ3) is 3.43. The van der Waals surface area contributed by atoms with Crippen LogP contribution in [0.4, 0.5) is 0 Å². The summed E-state index contributed by atoms with van der Waals surface area (Å²) in [6, 6.07) is 11.7. The van der Waals surface area contributed by atoms with Gasteiger partial charge >= 0.3 is 0 Å². The van der Waals surface area contributed by atoms with Gasteiger partial charge in [0, 0.05) is 6.54 Å². The van der Waals surface area contributed by atoms with Crippen molar-refractivity contribution < 1.29 is 4.74 Å². The summed E-state index contributed by atoms with van der Waals surface area (Å²) in [5.41, 5.74) is 1.09. The number of hydrogen-bond acceptors (Lipinski definition) is 5. The van der Waals surface area contributed by atoms with Crippen LogP contribution in [0.2, 0.25) is 0 Å². The van der Waals surface area contributed by atoms with E-state index >= 15 is 0 Å². The van der Waals surface area contributed by atoms with E-state index in [0.717, 1.165) is 37.6 Å². The Morgan fingerprint density at radius 3 is 2.64 bits per heavy atom. The Morgan fingerprint density at radius 2 is 1.91 bits per heavy atom. The van der Waals surface area contributed by atoms with Crippen LogP contribution < -0.4 is 4.74 Å². The predicted molar refractivity (Wildman–Crippen MR) is 81.2 cm³/mol. The summed E-state index contributed by atoms with van der Waals surface area (Å²) < 4.78 is 7.53. The lowest BCUT2D eigenvalue weighted by Gasteiger charge is -2.15. The van der Waals surface area contributed by atoms with Crippen LogP contribution in [0.5, 0.6) is 5.75 Å². The van der Waals surface area contributed by atoms with Gasteiger partial charge in [-0.2, -0.15) is 5.26 Å². The minimum absolute atomic E-state index is 0.305. The average molecular weight is 297 g/mol. The first-order chi connectivity index (χ1) is 10.9. The van der Waals surface area contributed by atoms with E-state index in [4.69, 9.17) is 4.74 Å². The zero-order chi connectivity index (χ0) is 15.2. The Balaban J connectivity index is 1.65. The molecule has 2 aromatic rings. The highest BCUT2D eigenvalue weighted by Gasteiger charge is 2.16. The fourth-order valence-electron chi connectivity index (χ4n) is 2.65. The standard InChI is InChI=1S/C16H19N5O/c17-12-15-16(13-22-14-6-2-1-3-7-14)21(19-18-15)11-10-20-8-4-5-9-20/h1-3,6-7H,4-5,8-11,13H2. The molecule has 1 aromatic carbocycles. The zero-order valence-electron chi connectivity index (χ0n) is 12.5. The second-order valence-electron chi connectivity index (χ2n) is 5.37. The summed E-state index contributed by atoms with van der Waals surface area (Å²) in [5.74, 6) is 0.777. The molecule has 0 spiro atoms. The number of benzene rings is 1. The number of likely N-dealkylation sites (tertiary alicyclic amines) is 1. The van der Waals surface area contributed by atoms with Crippen LogP contribution in [0.25, 0.3) is 0 Å². The molecule has 0 amide bonds. The summed E-state index contributed by atoms with van der Waals surface area (Å²) in [5, 5.41) is 17.2. The second kappa shape index (κ2) is 7.05. The highest BCUT2D eigenvalue weighted by molar-refractivity contribution is 5.26. The van der Waals surface area contributed by atoms with Crippen LogP contribution in [0.15, 0.2) is 30.3 Å². The summed E-state index contributed by atoms with van der Waals surface area (Å²) in [7, 11) is 0. The molecular weight excluding hydrogens is 278 g/mol. The highest BCUT2D eigenvalue weighted by atomic mass is 16.5. The number of para-hydroxylation sites is 1. The molecule has 1 aromatic heterocycles. The van der Waals surface area contributed by atoms with Gasteiger partial charge in [0.05, 0.1) is 6.54 Å². The van der Waals surface area contributed by atoms with Gasteiger partial charge < -0.3 is 9.64 Å². The van der Waals surface area contributed by atoms with Gasteiger partial charge in [-0.15, -0.1) is 5.10 Å². The van der Waals surface area contributed by atoms with E-state index in [1.807, 2.05) is 30.3 Å². The monoisotopic (exact) mass is 297 g/mol. The van der Waals surface area contributed by atoms with Gasteiger partial charge in [-0.3, -0.25) is 0 Å². The molecule has 0 N–H and O–H groups in total. The van der Waals surface area contributed by atoms with Crippen LogP contribution in [0.1, 0.15) is 24.2 Å². The first-order valence-corrected chi connectivity index (χ1v) is 7.59. The van der Waals surface area contributed by atoms with Crippen molar-refractivity contribution in [3.63, 3.8) is 0 Å². The molecule has 0 saturated carbocycles. The number of aromatic nitrogens is 3. The minimum Gasteiger partial charge on any atom is -0.487 e. The van der Waals surface area contributed by atoms with Crippen molar-refractivity contribution in [1.82, 2.24) is 19.9 Å². The van der Waals surface area contributed by atoms with E-state index < -0.39 is 0 Å². The number of rotatable bonds is 6. The first-order valence-electron chi connectivity index (χ1n) is 7.59. The van der Waals surface area contributed by atoms with Gasteiger partial charge in [0.25, 0.3) is 0 Å². The first kappa shape index (κ1) is 14.5. The summed E-state index contributed by atoms with van der Waals surface area (Å²) >= 11 is 0. The largest absolute Gasteiger partial charge is 0.487 e. The van der Waals surface area contributed by atoms with Gasteiger partial charge in [0.1, 0.15) is 24.1 Å². The molecule has 6 heteroatoms. The Labute approximate surface area is 129 Å². The maximum atomic E-state index is 9.18. The summed E-state index contributed by atoms with van der Waals surface area (Å²) in [6.07, 6.45) is 2.54. The molecule has 0 radical (unpaired) electrons. The molecular formula is C16H19N5O. The van der Waals surface area contributed by atoms with Crippen molar-refractivity contribution in [2.45, 2.75) is 26.0 Å². The minimum atomic E-state index is 0.305. The molecule has 6 nitrogen and oxygen atoms in total. The number of ether oxygens (including phenoxy) is 1. The number of nitriles is 1. The Kier molecular flexibility index (Phi) is 4.66. The quantitative estimate of drug-likeness (QED) is 0.813. The lowest BCUT2D eigenvalue weighted by molar-refractivity contribution is 0.277. The van der Waals surface area contributed by atoms with Crippen LogP contribution in [-0.2, 0) is 13.2 Å². The van der Waals surface area contributed by atoms with Crippen LogP contribution in [-0.4, -0.2) is 39.5 Å². The predicted octanol–water partition coefficient (Wildman–Crippen LogP) is 1.82. The molecule has 22 heavy (non-hydrogen) atoms. The van der Waals surface area contributed by atoms with Crippen molar-refractivity contribution in [2.75, 3.05) is 19.6 Å². The van der Waals surface area contributed by atoms with E-state index in [-0.39, 0.29) is 0 Å². The van der Waals surface area contributed by atoms with Crippen molar-refractivity contribution in [3.05, 3.63) is 41.7 Å². The van der Waals surface area contributed by atoms with Crippen LogP contribution in [0, 0.1) is 11.3 Å². The van der Waals surface area contributed by atoms with Crippen molar-refractivity contribution in [2.24, 2.45) is 0 Å². The van der Waals surface area contributed by atoms with Crippen LogP contribution in [0.3, 0.4) is 0 Å². The topological polar surface area (TPSA) is 67.0 Å². The highest BCUT2D eigenvalue weighted by Crippen LogP contribution is 2.14. The molecule has 0 unspecified atom stereocenters. The Morgan fingerprint density at radius 1 is 1.14 bits per heavy atom. The van der Waals surface area contributed by atoms with E-state index in [1.54, 1.807) is 4.68 Å². The van der Waals surface area contributed by atoms with Crippen molar-refractivity contribution >= 4 is 0 Å². The summed E-state index contributed by atoms with van der Waals surface area (Å²) in [4.78, 5) is 2.41. The van der Waals surface area contributed by atoms with Crippen molar-refractivity contribution in [1.29, 1.82) is 5.26 Å². The smallest absolute Gasteiger partial charge is 0.189 e. The van der Waals surface area contributed by atoms with E-state index in [0.29, 0.717) is 12.3 Å². The Hall–Kier alpha value is -2.39. The molecule has 0 atom stereocenters. The maximum absolute atomic E-state index is 9.18. The maximum Gasteiger partial charge on any atom is 0.189 e. The normalized spacial score (nSPS) is 14.9. The third-order valence-electron chi connectivity index (χ3n) is 3.89. The van der Waals surface area contributed by atoms with E-state index in [2.05, 4.69) is 21.3 Å². The zero-order valence-corrected chi connectivity index (χ0v) is 12.5. The van der Waals surface area contributed by atoms with Crippen LogP contribution >= 0.6 is 0 Å². The molecule has 1 saturated heterocycles. The lowest BCUT2D eigenvalue weighted by Crippen LogP contribution is -2.25. The molecule has 0 aliphatic carbocycles. The van der Waals surface area contributed by atoms with Gasteiger partial charge in [0.15, 0.2) is 5.69 Å². The number of hydrogen-bond donors (Lipinski definition) is 0. The molecule has 1 aliphatic rings. The van der Waals surface area contributed by atoms with Gasteiger partial charge in [-0.05, 0) is 38.1 Å². The molecule has 1 aliphatic heterocycles. The molecule has 114 valence electrons. The Bertz CT molecular complexity index is 640. The fourth-order valence-corrected chi connectivity index (χ4v) is 2.65. The lowest BCUT2D eigenvalue weighted by atomic mass is 10.3. The van der Waals surface area contributed by atoms with E-state index in [1.165, 1.54) is 12.8 Å². The van der Waals surface area contributed by atoms with Gasteiger partial charge in [0.2, 0.25) is 0 Å². The average Bonchev–Trinajstić information content (AvgIpc) is 3.21. The molecule has 0 bridgehead atoms. The fraction of sp³-hybridized carbons (Fsp3) is 0.438. The second-order valence-corrected chi connectivity index (χ2v) is 5.37. The molecule has 1 fully saturated rings. The number of nitrogens with zero attached hydrogens (tertiary/aromatic N) is 5. The van der Waals surface area contributed by atoms with Crippen molar-refractivity contribution in [3.8, 4) is 11.8 Å². The third-order valence-corrected chi connectivity index (χ3v) is 3.89.